The molecule has 22 heavy (non-hydrogen) atoms. The van der Waals surface area contributed by atoms with Crippen molar-refractivity contribution in [3.05, 3.63) is 53.1 Å². The van der Waals surface area contributed by atoms with Gasteiger partial charge in [-0.25, -0.2) is 5.32 Å². The summed E-state index contributed by atoms with van der Waals surface area (Å²) in [5, 5.41) is 11.6. The van der Waals surface area contributed by atoms with Gasteiger partial charge in [-0.05, 0) is 23.8 Å². The normalized spacial score (nSPS) is 12.5. The third kappa shape index (κ3) is 3.68. The Morgan fingerprint density at radius 1 is 1.23 bits per heavy atom. The van der Waals surface area contributed by atoms with Crippen LogP contribution in [0, 0.1) is 0 Å². The van der Waals surface area contributed by atoms with E-state index in [0.29, 0.717) is 22.5 Å². The molecule has 0 spiro atoms. The molecule has 0 aromatic heterocycles. The van der Waals surface area contributed by atoms with Gasteiger partial charge >= 0.3 is 0 Å². The summed E-state index contributed by atoms with van der Waals surface area (Å²) in [5.41, 5.74) is 2.76. The Morgan fingerprint density at radius 3 is 2.86 bits per heavy atom. The van der Waals surface area contributed by atoms with Gasteiger partial charge in [0.15, 0.2) is 5.11 Å². The molecule has 0 unspecified atom stereocenters. The molecule has 4 nitrogen and oxygen atoms in total. The zero-order valence-electron chi connectivity index (χ0n) is 11.8. The Bertz CT molecular complexity index is 679. The maximum absolute atomic E-state index is 6.08. The van der Waals surface area contributed by atoms with Crippen molar-refractivity contribution < 1.29 is 4.74 Å². The first-order valence-electron chi connectivity index (χ1n) is 6.96. The first kappa shape index (κ1) is 15.1. The van der Waals surface area contributed by atoms with Crippen molar-refractivity contribution in [3.63, 3.8) is 0 Å². The van der Waals surface area contributed by atoms with Crippen LogP contribution < -0.4 is 20.7 Å². The smallest absolute Gasteiger partial charge is 0.198 e. The van der Waals surface area contributed by atoms with Crippen molar-refractivity contribution in [2.75, 3.05) is 18.5 Å². The number of hydrogen-bond acceptors (Lipinski definition) is 3. The molecule has 3 rings (SSSR count). The first-order valence-corrected chi connectivity index (χ1v) is 7.75. The van der Waals surface area contributed by atoms with Gasteiger partial charge in [-0.3, -0.25) is 0 Å². The zero-order chi connectivity index (χ0) is 15.4. The highest BCUT2D eigenvalue weighted by atomic mass is 35.5. The third-order valence-electron chi connectivity index (χ3n) is 3.20. The molecule has 0 saturated heterocycles. The molecule has 1 aliphatic rings. The number of halogens is 1. The Balaban J connectivity index is 1.51. The SMILES string of the molecule is S=C1[N]c2c(cc(Cl)cc2OCCNCc2ccccc2)N1. The minimum atomic E-state index is 0.435. The summed E-state index contributed by atoms with van der Waals surface area (Å²) in [6.07, 6.45) is 0. The van der Waals surface area contributed by atoms with E-state index in [1.54, 1.807) is 12.1 Å². The van der Waals surface area contributed by atoms with Crippen LogP contribution in [0.5, 0.6) is 5.75 Å². The number of benzene rings is 2. The molecule has 0 amide bonds. The Labute approximate surface area is 139 Å². The molecule has 2 aromatic rings. The lowest BCUT2D eigenvalue weighted by molar-refractivity contribution is 0.314. The van der Waals surface area contributed by atoms with Crippen molar-refractivity contribution in [3.8, 4) is 5.75 Å². The average molecular weight is 333 g/mol. The fourth-order valence-corrected chi connectivity index (χ4v) is 2.61. The second kappa shape index (κ2) is 6.96. The maximum atomic E-state index is 6.08. The Kier molecular flexibility index (Phi) is 4.77. The van der Waals surface area contributed by atoms with E-state index in [1.165, 1.54) is 5.56 Å². The molecule has 0 bridgehead atoms. The topological polar surface area (TPSA) is 47.4 Å². The molecule has 1 heterocycles. The fraction of sp³-hybridized carbons (Fsp3) is 0.188. The van der Waals surface area contributed by atoms with Crippen LogP contribution in [0.3, 0.4) is 0 Å². The molecule has 0 fully saturated rings. The van der Waals surface area contributed by atoms with Gasteiger partial charge in [-0.2, -0.15) is 0 Å². The van der Waals surface area contributed by atoms with Crippen molar-refractivity contribution in [2.45, 2.75) is 6.54 Å². The lowest BCUT2D eigenvalue weighted by Crippen LogP contribution is -2.20. The van der Waals surface area contributed by atoms with E-state index in [-0.39, 0.29) is 0 Å². The van der Waals surface area contributed by atoms with E-state index in [1.807, 2.05) is 18.2 Å². The number of nitrogens with one attached hydrogen (secondary N) is 2. The first-order chi connectivity index (χ1) is 10.7. The molecule has 0 atom stereocenters. The maximum Gasteiger partial charge on any atom is 0.198 e. The van der Waals surface area contributed by atoms with Crippen LogP contribution in [0.2, 0.25) is 5.02 Å². The van der Waals surface area contributed by atoms with Crippen LogP contribution in [0.4, 0.5) is 11.4 Å². The lowest BCUT2D eigenvalue weighted by Gasteiger charge is -2.10. The molecule has 0 aliphatic carbocycles. The third-order valence-corrected chi connectivity index (χ3v) is 3.61. The van der Waals surface area contributed by atoms with E-state index in [4.69, 9.17) is 28.6 Å². The van der Waals surface area contributed by atoms with Crippen LogP contribution in [0.1, 0.15) is 5.56 Å². The Morgan fingerprint density at radius 2 is 2.05 bits per heavy atom. The monoisotopic (exact) mass is 332 g/mol. The molecule has 2 aromatic carbocycles. The van der Waals surface area contributed by atoms with Crippen molar-refractivity contribution in [1.82, 2.24) is 10.6 Å². The van der Waals surface area contributed by atoms with Crippen LogP contribution in [0.15, 0.2) is 42.5 Å². The van der Waals surface area contributed by atoms with Crippen molar-refractivity contribution >= 4 is 40.3 Å². The number of anilines is 1. The van der Waals surface area contributed by atoms with Gasteiger partial charge in [0.05, 0.1) is 5.69 Å². The highest BCUT2D eigenvalue weighted by molar-refractivity contribution is 7.80. The second-order valence-corrected chi connectivity index (χ2v) is 5.68. The minimum Gasteiger partial charge on any atom is -0.490 e. The van der Waals surface area contributed by atoms with Crippen LogP contribution in [0.25, 0.3) is 0 Å². The molecule has 6 heteroatoms. The van der Waals surface area contributed by atoms with Crippen LogP contribution in [-0.4, -0.2) is 18.3 Å². The van der Waals surface area contributed by atoms with Crippen molar-refractivity contribution in [1.29, 1.82) is 0 Å². The minimum absolute atomic E-state index is 0.435. The van der Waals surface area contributed by atoms with Crippen molar-refractivity contribution in [2.24, 2.45) is 0 Å². The van der Waals surface area contributed by atoms with E-state index in [2.05, 4.69) is 28.1 Å². The molecular weight excluding hydrogens is 318 g/mol. The van der Waals surface area contributed by atoms with Gasteiger partial charge in [0.25, 0.3) is 0 Å². The number of hydrogen-bond donors (Lipinski definition) is 2. The van der Waals surface area contributed by atoms with E-state index >= 15 is 0 Å². The number of nitrogens with zero attached hydrogens (tertiary/aromatic N) is 1. The fourth-order valence-electron chi connectivity index (χ4n) is 2.20. The zero-order valence-corrected chi connectivity index (χ0v) is 13.4. The summed E-state index contributed by atoms with van der Waals surface area (Å²) in [6.45, 7) is 2.07. The van der Waals surface area contributed by atoms with Gasteiger partial charge in [0.1, 0.15) is 18.0 Å². The summed E-state index contributed by atoms with van der Waals surface area (Å²) in [4.78, 5) is 0. The molecule has 1 radical (unpaired) electrons. The highest BCUT2D eigenvalue weighted by Crippen LogP contribution is 2.39. The quantitative estimate of drug-likeness (QED) is 0.628. The summed E-state index contributed by atoms with van der Waals surface area (Å²) in [7, 11) is 0. The average Bonchev–Trinajstić information content (AvgIpc) is 2.88. The Hall–Kier alpha value is -1.82. The molecule has 0 saturated carbocycles. The van der Waals surface area contributed by atoms with Gasteiger partial charge in [0.2, 0.25) is 0 Å². The van der Waals surface area contributed by atoms with E-state index in [0.717, 1.165) is 24.5 Å². The number of ether oxygens (including phenoxy) is 1. The van der Waals surface area contributed by atoms with E-state index in [9.17, 15) is 0 Å². The number of rotatable bonds is 6. The van der Waals surface area contributed by atoms with Gasteiger partial charge < -0.3 is 15.4 Å². The standard InChI is InChI=1S/C16H15ClN3OS/c17-12-8-13-15(20-16(22)19-13)14(9-12)21-7-6-18-10-11-4-2-1-3-5-11/h1-5,8-9,18H,6-7,10H2,(H,19,22). The molecule has 1 aliphatic heterocycles. The summed E-state index contributed by atoms with van der Waals surface area (Å²) in [5.74, 6) is 0.649. The van der Waals surface area contributed by atoms with Crippen LogP contribution in [-0.2, 0) is 6.54 Å². The highest BCUT2D eigenvalue weighted by Gasteiger charge is 2.21. The number of fused-ring (bicyclic) bond motifs is 1. The van der Waals surface area contributed by atoms with Gasteiger partial charge in [0, 0.05) is 24.2 Å². The van der Waals surface area contributed by atoms with Crippen LogP contribution >= 0.6 is 23.8 Å². The molecule has 113 valence electrons. The predicted octanol–water partition coefficient (Wildman–Crippen LogP) is 3.45. The second-order valence-electron chi connectivity index (χ2n) is 4.85. The predicted molar refractivity (Wildman–Crippen MR) is 93.1 cm³/mol. The summed E-state index contributed by atoms with van der Waals surface area (Å²) < 4.78 is 5.78. The summed E-state index contributed by atoms with van der Waals surface area (Å²) in [6, 6.07) is 13.8. The van der Waals surface area contributed by atoms with E-state index < -0.39 is 0 Å². The van der Waals surface area contributed by atoms with Gasteiger partial charge in [-0.1, -0.05) is 41.9 Å². The molecule has 2 N–H and O–H groups in total. The van der Waals surface area contributed by atoms with Gasteiger partial charge in [-0.15, -0.1) is 0 Å². The number of thiocarbonyl (C=S) groups is 1. The summed E-state index contributed by atoms with van der Waals surface area (Å²) >= 11 is 11.1. The molecular formula is C16H15ClN3OS. The largest absolute Gasteiger partial charge is 0.490 e. The lowest BCUT2D eigenvalue weighted by atomic mass is 10.2.